The molecule has 1 atom stereocenters. The van der Waals surface area contributed by atoms with E-state index in [0.717, 1.165) is 25.3 Å². The van der Waals surface area contributed by atoms with Crippen LogP contribution in [0.5, 0.6) is 0 Å². The van der Waals surface area contributed by atoms with Gasteiger partial charge in [0.05, 0.1) is 6.04 Å². The number of nitrogens with one attached hydrogen (secondary N) is 1. The smallest absolute Gasteiger partial charge is 0.134 e. The lowest BCUT2D eigenvalue weighted by Crippen LogP contribution is -2.19. The molecule has 0 spiro atoms. The highest BCUT2D eigenvalue weighted by Crippen LogP contribution is 2.29. The first kappa shape index (κ1) is 13.9. The van der Waals surface area contributed by atoms with Gasteiger partial charge in [0.15, 0.2) is 0 Å². The SMILES string of the molecule is CCNC(CC)c1nnc(CCC2CCCC2)s1. The van der Waals surface area contributed by atoms with E-state index in [1.54, 1.807) is 11.3 Å². The van der Waals surface area contributed by atoms with Crippen LogP contribution in [0.25, 0.3) is 0 Å². The fourth-order valence-electron chi connectivity index (χ4n) is 2.79. The van der Waals surface area contributed by atoms with Gasteiger partial charge < -0.3 is 5.32 Å². The maximum absolute atomic E-state index is 4.36. The monoisotopic (exact) mass is 267 g/mol. The molecule has 1 saturated carbocycles. The predicted octanol–water partition coefficient (Wildman–Crippen LogP) is 3.72. The minimum absolute atomic E-state index is 0.396. The molecule has 4 heteroatoms. The van der Waals surface area contributed by atoms with Gasteiger partial charge in [-0.05, 0) is 25.3 Å². The molecule has 1 fully saturated rings. The van der Waals surface area contributed by atoms with E-state index < -0.39 is 0 Å². The zero-order valence-electron chi connectivity index (χ0n) is 11.6. The second-order valence-corrected chi connectivity index (χ2v) is 6.34. The maximum Gasteiger partial charge on any atom is 0.134 e. The summed E-state index contributed by atoms with van der Waals surface area (Å²) in [5, 5.41) is 14.6. The van der Waals surface area contributed by atoms with Crippen LogP contribution >= 0.6 is 11.3 Å². The van der Waals surface area contributed by atoms with Gasteiger partial charge in [0, 0.05) is 6.42 Å². The normalized spacial score (nSPS) is 18.3. The van der Waals surface area contributed by atoms with E-state index in [4.69, 9.17) is 0 Å². The van der Waals surface area contributed by atoms with Crippen molar-refractivity contribution in [3.8, 4) is 0 Å². The Bertz CT molecular complexity index is 345. The summed E-state index contributed by atoms with van der Waals surface area (Å²) in [4.78, 5) is 0. The Morgan fingerprint density at radius 2 is 2.06 bits per heavy atom. The molecule has 0 radical (unpaired) electrons. The summed E-state index contributed by atoms with van der Waals surface area (Å²) in [6, 6.07) is 0.396. The predicted molar refractivity (Wildman–Crippen MR) is 76.9 cm³/mol. The van der Waals surface area contributed by atoms with Gasteiger partial charge in [0.2, 0.25) is 0 Å². The second kappa shape index (κ2) is 7.19. The largest absolute Gasteiger partial charge is 0.308 e. The molecule has 0 aromatic carbocycles. The standard InChI is InChI=1S/C14H25N3S/c1-3-12(15-4-2)14-17-16-13(18-14)10-9-11-7-5-6-8-11/h11-12,15H,3-10H2,1-2H3. The summed E-state index contributed by atoms with van der Waals surface area (Å²) in [6.45, 7) is 5.34. The van der Waals surface area contributed by atoms with Gasteiger partial charge >= 0.3 is 0 Å². The van der Waals surface area contributed by atoms with Crippen molar-refractivity contribution in [3.05, 3.63) is 10.0 Å². The number of hydrogen-bond donors (Lipinski definition) is 1. The molecule has 3 nitrogen and oxygen atoms in total. The van der Waals surface area contributed by atoms with Gasteiger partial charge in [-0.1, -0.05) is 50.9 Å². The molecule has 0 bridgehead atoms. The van der Waals surface area contributed by atoms with Crippen molar-refractivity contribution < 1.29 is 0 Å². The van der Waals surface area contributed by atoms with Crippen molar-refractivity contribution >= 4 is 11.3 Å². The fourth-order valence-corrected chi connectivity index (χ4v) is 3.80. The molecule has 1 aromatic rings. The third-order valence-electron chi connectivity index (χ3n) is 3.88. The molecule has 1 heterocycles. The highest BCUT2D eigenvalue weighted by Gasteiger charge is 2.17. The van der Waals surface area contributed by atoms with E-state index in [1.165, 1.54) is 42.1 Å². The highest BCUT2D eigenvalue weighted by molar-refractivity contribution is 7.11. The highest BCUT2D eigenvalue weighted by atomic mass is 32.1. The number of aromatic nitrogens is 2. The van der Waals surface area contributed by atoms with Gasteiger partial charge in [-0.15, -0.1) is 10.2 Å². The lowest BCUT2D eigenvalue weighted by molar-refractivity contribution is 0.502. The summed E-state index contributed by atoms with van der Waals surface area (Å²) < 4.78 is 0. The fraction of sp³-hybridized carbons (Fsp3) is 0.857. The van der Waals surface area contributed by atoms with Gasteiger partial charge in [0.1, 0.15) is 10.0 Å². The van der Waals surface area contributed by atoms with Crippen molar-refractivity contribution in [3.63, 3.8) is 0 Å². The van der Waals surface area contributed by atoms with E-state index in [0.29, 0.717) is 6.04 Å². The summed E-state index contributed by atoms with van der Waals surface area (Å²) in [5.41, 5.74) is 0. The van der Waals surface area contributed by atoms with E-state index in [-0.39, 0.29) is 0 Å². The van der Waals surface area contributed by atoms with Gasteiger partial charge in [-0.3, -0.25) is 0 Å². The average Bonchev–Trinajstić information content (AvgIpc) is 3.04. The number of nitrogens with zero attached hydrogens (tertiary/aromatic N) is 2. The van der Waals surface area contributed by atoms with Crippen LogP contribution < -0.4 is 5.32 Å². The van der Waals surface area contributed by atoms with E-state index in [2.05, 4.69) is 29.4 Å². The molecule has 2 rings (SSSR count). The van der Waals surface area contributed by atoms with Crippen LogP contribution in [-0.4, -0.2) is 16.7 Å². The summed E-state index contributed by atoms with van der Waals surface area (Å²) in [5.74, 6) is 0.952. The maximum atomic E-state index is 4.36. The molecule has 0 aliphatic heterocycles. The Kier molecular flexibility index (Phi) is 5.57. The second-order valence-electron chi connectivity index (χ2n) is 5.24. The van der Waals surface area contributed by atoms with E-state index in [9.17, 15) is 0 Å². The Morgan fingerprint density at radius 1 is 1.28 bits per heavy atom. The third-order valence-corrected chi connectivity index (χ3v) is 4.98. The van der Waals surface area contributed by atoms with Gasteiger partial charge in [-0.2, -0.15) is 0 Å². The topological polar surface area (TPSA) is 37.8 Å². The molecule has 0 amide bonds. The average molecular weight is 267 g/mol. The van der Waals surface area contributed by atoms with Crippen LogP contribution in [0.3, 0.4) is 0 Å². The third kappa shape index (κ3) is 3.75. The molecular formula is C14H25N3S. The molecule has 1 aromatic heterocycles. The number of rotatable bonds is 7. The molecular weight excluding hydrogens is 242 g/mol. The van der Waals surface area contributed by atoms with Crippen molar-refractivity contribution in [2.24, 2.45) is 5.92 Å². The van der Waals surface area contributed by atoms with Gasteiger partial charge in [0.25, 0.3) is 0 Å². The molecule has 1 unspecified atom stereocenters. The minimum Gasteiger partial charge on any atom is -0.308 e. The van der Waals surface area contributed by atoms with E-state index in [1.807, 2.05) is 0 Å². The molecule has 102 valence electrons. The zero-order valence-corrected chi connectivity index (χ0v) is 12.4. The summed E-state index contributed by atoms with van der Waals surface area (Å²) in [7, 11) is 0. The molecule has 1 aliphatic carbocycles. The van der Waals surface area contributed by atoms with Crippen LogP contribution in [0.15, 0.2) is 0 Å². The first-order chi connectivity index (χ1) is 8.83. The Hall–Kier alpha value is -0.480. The molecule has 1 N–H and O–H groups in total. The summed E-state index contributed by atoms with van der Waals surface area (Å²) >= 11 is 1.80. The Balaban J connectivity index is 1.84. The molecule has 18 heavy (non-hydrogen) atoms. The van der Waals surface area contributed by atoms with Crippen molar-refractivity contribution in [2.75, 3.05) is 6.54 Å². The van der Waals surface area contributed by atoms with Crippen LogP contribution in [0.4, 0.5) is 0 Å². The molecule has 1 aliphatic rings. The van der Waals surface area contributed by atoms with E-state index >= 15 is 0 Å². The van der Waals surface area contributed by atoms with Crippen LogP contribution in [0.1, 0.15) is 68.4 Å². The Labute approximate surface area is 114 Å². The van der Waals surface area contributed by atoms with Gasteiger partial charge in [-0.25, -0.2) is 0 Å². The molecule has 0 saturated heterocycles. The van der Waals surface area contributed by atoms with Crippen LogP contribution in [0, 0.1) is 5.92 Å². The zero-order chi connectivity index (χ0) is 12.8. The lowest BCUT2D eigenvalue weighted by Gasteiger charge is -2.11. The van der Waals surface area contributed by atoms with Crippen LogP contribution in [0.2, 0.25) is 0 Å². The lowest BCUT2D eigenvalue weighted by atomic mass is 10.0. The quantitative estimate of drug-likeness (QED) is 0.818. The van der Waals surface area contributed by atoms with Crippen molar-refractivity contribution in [2.45, 2.75) is 64.8 Å². The van der Waals surface area contributed by atoms with Crippen LogP contribution in [-0.2, 0) is 6.42 Å². The van der Waals surface area contributed by atoms with Crippen molar-refractivity contribution in [1.29, 1.82) is 0 Å². The first-order valence-electron chi connectivity index (χ1n) is 7.39. The Morgan fingerprint density at radius 3 is 2.72 bits per heavy atom. The number of hydrogen-bond acceptors (Lipinski definition) is 4. The minimum atomic E-state index is 0.396. The summed E-state index contributed by atoms with van der Waals surface area (Å²) in [6.07, 6.45) is 9.26. The van der Waals surface area contributed by atoms with Crippen molar-refractivity contribution in [1.82, 2.24) is 15.5 Å². The first-order valence-corrected chi connectivity index (χ1v) is 8.20. The number of aryl methyl sites for hydroxylation is 1.